The van der Waals surface area contributed by atoms with Gasteiger partial charge in [0.1, 0.15) is 5.75 Å². The van der Waals surface area contributed by atoms with Crippen molar-refractivity contribution >= 4 is 17.7 Å². The molecule has 0 radical (unpaired) electrons. The molecule has 0 fully saturated rings. The summed E-state index contributed by atoms with van der Waals surface area (Å²) < 4.78 is 0. The minimum atomic E-state index is -0.860. The van der Waals surface area contributed by atoms with Gasteiger partial charge in [-0.2, -0.15) is 0 Å². The van der Waals surface area contributed by atoms with Crippen LogP contribution < -0.4 is 0 Å². The van der Waals surface area contributed by atoms with Crippen molar-refractivity contribution in [2.45, 2.75) is 11.3 Å². The molecule has 0 unspecified atom stereocenters. The molecule has 0 aromatic heterocycles. The molecular formula is C9H10O3S. The quantitative estimate of drug-likeness (QED) is 0.726. The van der Waals surface area contributed by atoms with E-state index < -0.39 is 5.97 Å². The Labute approximate surface area is 80.4 Å². The predicted octanol–water partition coefficient (Wildman–Crippen LogP) is 1.74. The second-order valence-electron chi connectivity index (χ2n) is 2.57. The molecule has 0 atom stereocenters. The fourth-order valence-corrected chi connectivity index (χ4v) is 1.68. The Balaban J connectivity index is 2.99. The number of carbonyl (C=O) groups is 1. The van der Waals surface area contributed by atoms with Crippen LogP contribution in [0.3, 0.4) is 0 Å². The van der Waals surface area contributed by atoms with Crippen molar-refractivity contribution in [1.82, 2.24) is 0 Å². The number of rotatable bonds is 3. The van der Waals surface area contributed by atoms with E-state index in [9.17, 15) is 4.79 Å². The predicted molar refractivity (Wildman–Crippen MR) is 51.2 cm³/mol. The Kier molecular flexibility index (Phi) is 3.19. The summed E-state index contributed by atoms with van der Waals surface area (Å²) in [7, 11) is 0. The van der Waals surface area contributed by atoms with Gasteiger partial charge in [-0.1, -0.05) is 6.07 Å². The lowest BCUT2D eigenvalue weighted by molar-refractivity contribution is -0.136. The van der Waals surface area contributed by atoms with Crippen molar-refractivity contribution in [2.24, 2.45) is 0 Å². The van der Waals surface area contributed by atoms with Gasteiger partial charge in [-0.05, 0) is 24.0 Å². The molecule has 0 aliphatic heterocycles. The second-order valence-corrected chi connectivity index (χ2v) is 3.41. The highest BCUT2D eigenvalue weighted by atomic mass is 32.2. The maximum Gasteiger partial charge on any atom is 0.307 e. The minimum absolute atomic E-state index is 0.00352. The van der Waals surface area contributed by atoms with Crippen LogP contribution >= 0.6 is 11.8 Å². The normalized spacial score (nSPS) is 9.92. The number of phenols is 1. The van der Waals surface area contributed by atoms with Crippen LogP contribution in [0.4, 0.5) is 0 Å². The standard InChI is InChI=1S/C9H10O3S/c1-13-8-5-7(10)3-2-6(8)4-9(11)12/h2-3,5,10H,4H2,1H3,(H,11,12). The van der Waals surface area contributed by atoms with Gasteiger partial charge < -0.3 is 10.2 Å². The van der Waals surface area contributed by atoms with E-state index in [1.54, 1.807) is 12.1 Å². The lowest BCUT2D eigenvalue weighted by Gasteiger charge is -2.04. The molecule has 70 valence electrons. The van der Waals surface area contributed by atoms with E-state index in [4.69, 9.17) is 10.2 Å². The first kappa shape index (κ1) is 9.92. The average molecular weight is 198 g/mol. The summed E-state index contributed by atoms with van der Waals surface area (Å²) in [6, 6.07) is 4.70. The Morgan fingerprint density at radius 2 is 2.23 bits per heavy atom. The number of benzene rings is 1. The first-order valence-corrected chi connectivity index (χ1v) is 4.93. The van der Waals surface area contributed by atoms with Crippen LogP contribution in [0.15, 0.2) is 23.1 Å². The molecule has 0 spiro atoms. The third-order valence-corrected chi connectivity index (χ3v) is 2.43. The van der Waals surface area contributed by atoms with Crippen LogP contribution in [0, 0.1) is 0 Å². The van der Waals surface area contributed by atoms with Gasteiger partial charge >= 0.3 is 5.97 Å². The van der Waals surface area contributed by atoms with Gasteiger partial charge in [-0.15, -0.1) is 11.8 Å². The highest BCUT2D eigenvalue weighted by molar-refractivity contribution is 7.98. The Bertz CT molecular complexity index is 323. The van der Waals surface area contributed by atoms with Crippen LogP contribution in [0.1, 0.15) is 5.56 Å². The van der Waals surface area contributed by atoms with E-state index in [0.29, 0.717) is 0 Å². The van der Waals surface area contributed by atoms with Gasteiger partial charge in [0, 0.05) is 4.90 Å². The largest absolute Gasteiger partial charge is 0.508 e. The highest BCUT2D eigenvalue weighted by Crippen LogP contribution is 2.25. The number of aromatic hydroxyl groups is 1. The van der Waals surface area contributed by atoms with E-state index in [1.807, 2.05) is 6.26 Å². The molecule has 0 aliphatic rings. The number of hydrogen-bond donors (Lipinski definition) is 2. The molecule has 0 bridgehead atoms. The zero-order chi connectivity index (χ0) is 9.84. The van der Waals surface area contributed by atoms with Gasteiger partial charge in [-0.25, -0.2) is 0 Å². The molecule has 0 amide bonds. The van der Waals surface area contributed by atoms with E-state index in [1.165, 1.54) is 17.8 Å². The van der Waals surface area contributed by atoms with E-state index >= 15 is 0 Å². The van der Waals surface area contributed by atoms with Crippen LogP contribution in [-0.2, 0) is 11.2 Å². The molecule has 2 N–H and O–H groups in total. The van der Waals surface area contributed by atoms with Crippen LogP contribution in [0.2, 0.25) is 0 Å². The second kappa shape index (κ2) is 4.18. The van der Waals surface area contributed by atoms with Crippen LogP contribution in [-0.4, -0.2) is 22.4 Å². The van der Waals surface area contributed by atoms with Gasteiger partial charge in [-0.3, -0.25) is 4.79 Å². The van der Waals surface area contributed by atoms with Crippen molar-refractivity contribution in [1.29, 1.82) is 0 Å². The van der Waals surface area contributed by atoms with Gasteiger partial charge in [0.2, 0.25) is 0 Å². The summed E-state index contributed by atoms with van der Waals surface area (Å²) in [6.45, 7) is 0. The third-order valence-electron chi connectivity index (χ3n) is 1.61. The molecule has 1 rings (SSSR count). The number of aliphatic carboxylic acids is 1. The summed E-state index contributed by atoms with van der Waals surface area (Å²) in [5, 5.41) is 17.7. The Hall–Kier alpha value is -1.16. The molecule has 1 aromatic rings. The number of hydrogen-bond acceptors (Lipinski definition) is 3. The van der Waals surface area contributed by atoms with Gasteiger partial charge in [0.05, 0.1) is 6.42 Å². The Morgan fingerprint density at radius 1 is 1.54 bits per heavy atom. The molecule has 0 heterocycles. The van der Waals surface area contributed by atoms with E-state index in [2.05, 4.69) is 0 Å². The fourth-order valence-electron chi connectivity index (χ4n) is 1.04. The first-order chi connectivity index (χ1) is 6.13. The number of carboxylic acid groups (broad SMARTS) is 1. The van der Waals surface area contributed by atoms with Crippen molar-refractivity contribution < 1.29 is 15.0 Å². The van der Waals surface area contributed by atoms with Crippen molar-refractivity contribution in [3.63, 3.8) is 0 Å². The highest BCUT2D eigenvalue weighted by Gasteiger charge is 2.06. The van der Waals surface area contributed by atoms with E-state index in [-0.39, 0.29) is 12.2 Å². The maximum absolute atomic E-state index is 10.5. The topological polar surface area (TPSA) is 57.5 Å². The lowest BCUT2D eigenvalue weighted by Crippen LogP contribution is -2.00. The Morgan fingerprint density at radius 3 is 2.77 bits per heavy atom. The summed E-state index contributed by atoms with van der Waals surface area (Å²) in [5.74, 6) is -0.695. The molecule has 3 nitrogen and oxygen atoms in total. The smallest absolute Gasteiger partial charge is 0.307 e. The van der Waals surface area contributed by atoms with Crippen LogP contribution in [0.5, 0.6) is 5.75 Å². The number of thioether (sulfide) groups is 1. The van der Waals surface area contributed by atoms with Crippen molar-refractivity contribution in [3.05, 3.63) is 23.8 Å². The lowest BCUT2D eigenvalue weighted by atomic mass is 10.1. The summed E-state index contributed by atoms with van der Waals surface area (Å²) in [5.41, 5.74) is 0.734. The first-order valence-electron chi connectivity index (χ1n) is 3.71. The molecule has 1 aromatic carbocycles. The maximum atomic E-state index is 10.5. The van der Waals surface area contributed by atoms with Gasteiger partial charge in [0.15, 0.2) is 0 Å². The average Bonchev–Trinajstić information content (AvgIpc) is 2.07. The molecule has 4 heteroatoms. The van der Waals surface area contributed by atoms with Crippen molar-refractivity contribution in [2.75, 3.05) is 6.26 Å². The summed E-state index contributed by atoms with van der Waals surface area (Å²) >= 11 is 1.43. The summed E-state index contributed by atoms with van der Waals surface area (Å²) in [4.78, 5) is 11.3. The number of phenolic OH excluding ortho intramolecular Hbond substituents is 1. The molecule has 0 saturated heterocycles. The van der Waals surface area contributed by atoms with Gasteiger partial charge in [0.25, 0.3) is 0 Å². The zero-order valence-corrected chi connectivity index (χ0v) is 7.97. The SMILES string of the molecule is CSc1cc(O)ccc1CC(=O)O. The monoisotopic (exact) mass is 198 g/mol. The zero-order valence-electron chi connectivity index (χ0n) is 7.15. The van der Waals surface area contributed by atoms with Crippen molar-refractivity contribution in [3.8, 4) is 5.75 Å². The molecule has 13 heavy (non-hydrogen) atoms. The minimum Gasteiger partial charge on any atom is -0.508 e. The number of carboxylic acids is 1. The fraction of sp³-hybridized carbons (Fsp3) is 0.222. The summed E-state index contributed by atoms with van der Waals surface area (Å²) in [6.07, 6.45) is 1.84. The van der Waals surface area contributed by atoms with E-state index in [0.717, 1.165) is 10.5 Å². The van der Waals surface area contributed by atoms with Crippen LogP contribution in [0.25, 0.3) is 0 Å². The third kappa shape index (κ3) is 2.66. The molecule has 0 aliphatic carbocycles. The molecule has 0 saturated carbocycles. The molecular weight excluding hydrogens is 188 g/mol.